The summed E-state index contributed by atoms with van der Waals surface area (Å²) in [6.07, 6.45) is 5.92. The summed E-state index contributed by atoms with van der Waals surface area (Å²) in [7, 11) is 0. The van der Waals surface area contributed by atoms with E-state index in [4.69, 9.17) is 9.47 Å². The first kappa shape index (κ1) is 13.9. The van der Waals surface area contributed by atoms with Crippen LogP contribution in [0.5, 0.6) is 11.5 Å². The summed E-state index contributed by atoms with van der Waals surface area (Å²) >= 11 is 0. The lowest BCUT2D eigenvalue weighted by molar-refractivity contribution is -0.122. The summed E-state index contributed by atoms with van der Waals surface area (Å²) < 4.78 is 11.5. The van der Waals surface area contributed by atoms with Crippen LogP contribution in [0.2, 0.25) is 0 Å². The lowest BCUT2D eigenvalue weighted by Crippen LogP contribution is -2.41. The van der Waals surface area contributed by atoms with Crippen molar-refractivity contribution in [3.8, 4) is 11.5 Å². The zero-order chi connectivity index (χ0) is 14.9. The molecule has 2 saturated carbocycles. The van der Waals surface area contributed by atoms with Gasteiger partial charge in [-0.2, -0.15) is 0 Å². The summed E-state index contributed by atoms with van der Waals surface area (Å²) in [4.78, 5) is 12.2. The largest absolute Gasteiger partial charge is 0.486 e. The first-order chi connectivity index (χ1) is 10.8. The van der Waals surface area contributed by atoms with Gasteiger partial charge in [-0.25, -0.2) is 0 Å². The molecular formula is C18H23NO3. The number of benzene rings is 1. The van der Waals surface area contributed by atoms with Gasteiger partial charge in [0.25, 0.3) is 0 Å². The van der Waals surface area contributed by atoms with E-state index in [1.807, 2.05) is 24.3 Å². The maximum Gasteiger partial charge on any atom is 0.220 e. The molecule has 1 aromatic carbocycles. The van der Waals surface area contributed by atoms with E-state index in [0.29, 0.717) is 25.5 Å². The van der Waals surface area contributed by atoms with Crippen molar-refractivity contribution in [2.45, 2.75) is 38.2 Å². The van der Waals surface area contributed by atoms with Crippen LogP contribution in [0.25, 0.3) is 0 Å². The highest BCUT2D eigenvalue weighted by atomic mass is 16.6. The van der Waals surface area contributed by atoms with Crippen LogP contribution in [-0.4, -0.2) is 25.2 Å². The minimum absolute atomic E-state index is 0.0983. The predicted octanol–water partition coefficient (Wildman–Crippen LogP) is 2.77. The molecule has 0 radical (unpaired) electrons. The van der Waals surface area contributed by atoms with Crippen LogP contribution in [-0.2, 0) is 4.79 Å². The van der Waals surface area contributed by atoms with Gasteiger partial charge in [0.05, 0.1) is 6.54 Å². The van der Waals surface area contributed by atoms with Gasteiger partial charge in [-0.1, -0.05) is 18.6 Å². The number of rotatable bonds is 4. The maximum atomic E-state index is 12.2. The second kappa shape index (κ2) is 5.82. The van der Waals surface area contributed by atoms with Gasteiger partial charge in [-0.05, 0) is 49.1 Å². The fraction of sp³-hybridized carbons (Fsp3) is 0.611. The van der Waals surface area contributed by atoms with Gasteiger partial charge in [0, 0.05) is 6.42 Å². The van der Waals surface area contributed by atoms with E-state index in [1.54, 1.807) is 0 Å². The molecule has 4 nitrogen and oxygen atoms in total. The topological polar surface area (TPSA) is 47.6 Å². The Hall–Kier alpha value is -1.71. The molecule has 4 atom stereocenters. The van der Waals surface area contributed by atoms with Gasteiger partial charge in [-0.3, -0.25) is 4.79 Å². The summed E-state index contributed by atoms with van der Waals surface area (Å²) in [5, 5.41) is 3.03. The Kier molecular flexibility index (Phi) is 3.68. The average molecular weight is 301 g/mol. The van der Waals surface area contributed by atoms with E-state index >= 15 is 0 Å². The molecule has 4 rings (SSSR count). The van der Waals surface area contributed by atoms with Crippen molar-refractivity contribution in [2.75, 3.05) is 13.2 Å². The van der Waals surface area contributed by atoms with Gasteiger partial charge < -0.3 is 14.8 Å². The fourth-order valence-electron chi connectivity index (χ4n) is 4.33. The number of carbonyl (C=O) groups is 1. The Bertz CT molecular complexity index is 559. The number of para-hydroxylation sites is 2. The molecule has 22 heavy (non-hydrogen) atoms. The van der Waals surface area contributed by atoms with Crippen LogP contribution < -0.4 is 14.8 Å². The summed E-state index contributed by atoms with van der Waals surface area (Å²) in [6.45, 7) is 1.01. The van der Waals surface area contributed by atoms with Crippen molar-refractivity contribution in [1.82, 2.24) is 5.32 Å². The van der Waals surface area contributed by atoms with Crippen molar-refractivity contribution < 1.29 is 14.3 Å². The standard InChI is InChI=1S/C18H23NO3/c20-18(9-14-8-12-5-6-13(14)7-12)19-10-15-11-21-16-3-1-2-4-17(16)22-15/h1-4,12-15H,5-11H2,(H,19,20)/t12-,13-,14-,15-/m0/s1. The summed E-state index contributed by atoms with van der Waals surface area (Å²) in [6, 6.07) is 7.66. The number of carbonyl (C=O) groups excluding carboxylic acids is 1. The molecule has 118 valence electrons. The van der Waals surface area contributed by atoms with E-state index in [0.717, 1.165) is 23.3 Å². The van der Waals surface area contributed by atoms with Crippen LogP contribution >= 0.6 is 0 Å². The maximum absolute atomic E-state index is 12.2. The number of nitrogens with one attached hydrogen (secondary N) is 1. The van der Waals surface area contributed by atoms with Crippen molar-refractivity contribution in [3.63, 3.8) is 0 Å². The molecule has 1 aromatic rings. The molecule has 1 N–H and O–H groups in total. The molecule has 0 unspecified atom stereocenters. The molecule has 2 aliphatic carbocycles. The minimum atomic E-state index is -0.0983. The first-order valence-corrected chi connectivity index (χ1v) is 8.43. The predicted molar refractivity (Wildman–Crippen MR) is 82.9 cm³/mol. The fourth-order valence-corrected chi connectivity index (χ4v) is 4.33. The van der Waals surface area contributed by atoms with E-state index in [2.05, 4.69) is 5.32 Å². The van der Waals surface area contributed by atoms with E-state index in [1.165, 1.54) is 25.7 Å². The Balaban J connectivity index is 1.24. The highest BCUT2D eigenvalue weighted by molar-refractivity contribution is 5.76. The first-order valence-electron chi connectivity index (χ1n) is 8.43. The van der Waals surface area contributed by atoms with Crippen molar-refractivity contribution in [3.05, 3.63) is 24.3 Å². The Morgan fingerprint density at radius 2 is 2.05 bits per heavy atom. The molecule has 0 aromatic heterocycles. The highest BCUT2D eigenvalue weighted by Crippen LogP contribution is 2.49. The van der Waals surface area contributed by atoms with Gasteiger partial charge in [-0.15, -0.1) is 0 Å². The number of hydrogen-bond donors (Lipinski definition) is 1. The highest BCUT2D eigenvalue weighted by Gasteiger charge is 2.40. The molecule has 1 amide bonds. The third kappa shape index (κ3) is 2.79. The molecule has 1 heterocycles. The number of fused-ring (bicyclic) bond motifs is 3. The average Bonchev–Trinajstić information content (AvgIpc) is 3.15. The van der Waals surface area contributed by atoms with E-state index in [9.17, 15) is 4.79 Å². The summed E-state index contributed by atoms with van der Waals surface area (Å²) in [5.41, 5.74) is 0. The van der Waals surface area contributed by atoms with Crippen molar-refractivity contribution in [2.24, 2.45) is 17.8 Å². The SMILES string of the molecule is O=C(C[C@@H]1C[C@H]2CC[C@H]1C2)NC[C@H]1COc2ccccc2O1. The number of amides is 1. The molecule has 0 saturated heterocycles. The second-order valence-electron chi connectivity index (χ2n) is 6.94. The molecular weight excluding hydrogens is 278 g/mol. The third-order valence-electron chi connectivity index (χ3n) is 5.43. The molecule has 2 bridgehead atoms. The summed E-state index contributed by atoms with van der Waals surface area (Å²) in [5.74, 6) is 4.03. The molecule has 1 aliphatic heterocycles. The van der Waals surface area contributed by atoms with Crippen molar-refractivity contribution in [1.29, 1.82) is 0 Å². The zero-order valence-electron chi connectivity index (χ0n) is 12.8. The molecule has 0 spiro atoms. The Morgan fingerprint density at radius 3 is 2.82 bits per heavy atom. The number of ether oxygens (including phenoxy) is 2. The molecule has 3 aliphatic rings. The van der Waals surface area contributed by atoms with E-state index in [-0.39, 0.29) is 12.0 Å². The third-order valence-corrected chi connectivity index (χ3v) is 5.43. The minimum Gasteiger partial charge on any atom is -0.486 e. The van der Waals surface area contributed by atoms with Crippen molar-refractivity contribution >= 4 is 5.91 Å². The van der Waals surface area contributed by atoms with Crippen LogP contribution in [0.1, 0.15) is 32.1 Å². The second-order valence-corrected chi connectivity index (χ2v) is 6.94. The van der Waals surface area contributed by atoms with Gasteiger partial charge >= 0.3 is 0 Å². The Labute approximate surface area is 131 Å². The zero-order valence-corrected chi connectivity index (χ0v) is 12.8. The van der Waals surface area contributed by atoms with Crippen LogP contribution in [0.4, 0.5) is 0 Å². The normalized spacial score (nSPS) is 32.0. The van der Waals surface area contributed by atoms with Crippen LogP contribution in [0.15, 0.2) is 24.3 Å². The Morgan fingerprint density at radius 1 is 1.18 bits per heavy atom. The number of hydrogen-bond acceptors (Lipinski definition) is 3. The quantitative estimate of drug-likeness (QED) is 0.930. The van der Waals surface area contributed by atoms with Crippen LogP contribution in [0.3, 0.4) is 0 Å². The molecule has 2 fully saturated rings. The monoisotopic (exact) mass is 301 g/mol. The lowest BCUT2D eigenvalue weighted by atomic mass is 9.86. The van der Waals surface area contributed by atoms with Crippen LogP contribution in [0, 0.1) is 17.8 Å². The molecule has 4 heteroatoms. The lowest BCUT2D eigenvalue weighted by Gasteiger charge is -2.27. The van der Waals surface area contributed by atoms with E-state index < -0.39 is 0 Å². The van der Waals surface area contributed by atoms with Gasteiger partial charge in [0.15, 0.2) is 11.5 Å². The smallest absolute Gasteiger partial charge is 0.220 e. The van der Waals surface area contributed by atoms with Gasteiger partial charge in [0.2, 0.25) is 5.91 Å². The van der Waals surface area contributed by atoms with Gasteiger partial charge in [0.1, 0.15) is 12.7 Å².